The summed E-state index contributed by atoms with van der Waals surface area (Å²) in [5.41, 5.74) is 1.24. The Morgan fingerprint density at radius 1 is 1.24 bits per heavy atom. The molecular formula is C21H15N3O5. The highest BCUT2D eigenvalue weighted by Crippen LogP contribution is 2.34. The van der Waals surface area contributed by atoms with Gasteiger partial charge in [0.05, 0.1) is 10.5 Å². The number of hydrogen-bond donors (Lipinski definition) is 2. The molecule has 3 rings (SSSR count). The van der Waals surface area contributed by atoms with Gasteiger partial charge in [0.2, 0.25) is 0 Å². The zero-order valence-corrected chi connectivity index (χ0v) is 15.2. The van der Waals surface area contributed by atoms with Crippen molar-refractivity contribution in [3.05, 3.63) is 81.6 Å². The van der Waals surface area contributed by atoms with Gasteiger partial charge in [-0.15, -0.1) is 0 Å². The number of nitro benzene ring substituents is 1. The predicted octanol–water partition coefficient (Wildman–Crippen LogP) is 4.41. The van der Waals surface area contributed by atoms with E-state index in [4.69, 9.17) is 4.42 Å². The summed E-state index contributed by atoms with van der Waals surface area (Å²) in [6.07, 6.45) is 1.25. The molecule has 0 unspecified atom stereocenters. The van der Waals surface area contributed by atoms with Crippen LogP contribution in [0.1, 0.15) is 11.3 Å². The number of phenolic OH excluding ortho intramolecular Hbond substituents is 1. The molecule has 0 aliphatic carbocycles. The number of anilines is 1. The minimum absolute atomic E-state index is 0.126. The first-order valence-corrected chi connectivity index (χ1v) is 8.45. The van der Waals surface area contributed by atoms with Gasteiger partial charge in [-0.3, -0.25) is 14.9 Å². The molecule has 1 amide bonds. The Bertz CT molecular complexity index is 1170. The van der Waals surface area contributed by atoms with Crippen molar-refractivity contribution >= 4 is 23.4 Å². The third-order valence-electron chi connectivity index (χ3n) is 4.01. The molecule has 1 heterocycles. The van der Waals surface area contributed by atoms with Gasteiger partial charge in [0, 0.05) is 23.9 Å². The normalized spacial score (nSPS) is 11.0. The summed E-state index contributed by atoms with van der Waals surface area (Å²) in [4.78, 5) is 22.7. The van der Waals surface area contributed by atoms with Gasteiger partial charge >= 0.3 is 0 Å². The Morgan fingerprint density at radius 3 is 2.72 bits per heavy atom. The highest BCUT2D eigenvalue weighted by Gasteiger charge is 2.16. The van der Waals surface area contributed by atoms with Gasteiger partial charge in [-0.2, -0.15) is 5.26 Å². The molecule has 0 atom stereocenters. The summed E-state index contributed by atoms with van der Waals surface area (Å²) in [7, 11) is 0. The maximum atomic E-state index is 12.4. The number of nitriles is 1. The molecule has 29 heavy (non-hydrogen) atoms. The molecule has 0 spiro atoms. The van der Waals surface area contributed by atoms with E-state index in [0.717, 1.165) is 5.56 Å². The van der Waals surface area contributed by atoms with Gasteiger partial charge < -0.3 is 14.8 Å². The molecule has 1 aromatic heterocycles. The summed E-state index contributed by atoms with van der Waals surface area (Å²) >= 11 is 0. The van der Waals surface area contributed by atoms with Crippen LogP contribution in [0.2, 0.25) is 0 Å². The van der Waals surface area contributed by atoms with E-state index in [2.05, 4.69) is 5.32 Å². The minimum Gasteiger partial charge on any atom is -0.507 e. The molecule has 2 N–H and O–H groups in total. The van der Waals surface area contributed by atoms with Crippen LogP contribution in [-0.2, 0) is 4.79 Å². The lowest BCUT2D eigenvalue weighted by Gasteiger charge is -2.04. The van der Waals surface area contributed by atoms with Gasteiger partial charge in [0.15, 0.2) is 0 Å². The summed E-state index contributed by atoms with van der Waals surface area (Å²) in [6.45, 7) is 1.88. The molecule has 8 nitrogen and oxygen atoms in total. The molecule has 2 aromatic carbocycles. The van der Waals surface area contributed by atoms with Crippen LogP contribution in [0.25, 0.3) is 17.4 Å². The number of rotatable bonds is 5. The van der Waals surface area contributed by atoms with Gasteiger partial charge in [0.1, 0.15) is 28.9 Å². The molecule has 0 saturated heterocycles. The fraction of sp³-hybridized carbons (Fsp3) is 0.0476. The second-order valence-corrected chi connectivity index (χ2v) is 6.15. The number of non-ortho nitro benzene ring substituents is 1. The lowest BCUT2D eigenvalue weighted by Crippen LogP contribution is -2.13. The highest BCUT2D eigenvalue weighted by molar-refractivity contribution is 6.09. The molecule has 8 heteroatoms. The number of hydrogen-bond acceptors (Lipinski definition) is 6. The van der Waals surface area contributed by atoms with E-state index in [1.54, 1.807) is 18.2 Å². The minimum atomic E-state index is -0.603. The molecule has 0 radical (unpaired) electrons. The first-order chi connectivity index (χ1) is 13.9. The predicted molar refractivity (Wildman–Crippen MR) is 106 cm³/mol. The molecule has 0 saturated carbocycles. The van der Waals surface area contributed by atoms with Crippen molar-refractivity contribution in [3.8, 4) is 23.1 Å². The van der Waals surface area contributed by atoms with Crippen LogP contribution in [0, 0.1) is 28.4 Å². The summed E-state index contributed by atoms with van der Waals surface area (Å²) < 4.78 is 5.55. The highest BCUT2D eigenvalue weighted by atomic mass is 16.6. The number of aryl methyl sites for hydroxylation is 1. The third kappa shape index (κ3) is 4.48. The van der Waals surface area contributed by atoms with Crippen molar-refractivity contribution in [2.45, 2.75) is 6.92 Å². The van der Waals surface area contributed by atoms with Crippen molar-refractivity contribution in [3.63, 3.8) is 0 Å². The van der Waals surface area contributed by atoms with E-state index in [0.29, 0.717) is 5.69 Å². The quantitative estimate of drug-likeness (QED) is 0.288. The zero-order chi connectivity index (χ0) is 21.0. The molecule has 0 aliphatic rings. The van der Waals surface area contributed by atoms with Gasteiger partial charge in [0.25, 0.3) is 11.6 Å². The van der Waals surface area contributed by atoms with Crippen LogP contribution in [-0.4, -0.2) is 15.9 Å². The zero-order valence-electron chi connectivity index (χ0n) is 15.2. The molecule has 0 bridgehead atoms. The summed E-state index contributed by atoms with van der Waals surface area (Å²) in [5.74, 6) is -0.455. The molecule has 0 aliphatic heterocycles. The first kappa shape index (κ1) is 19.4. The number of amides is 1. The van der Waals surface area contributed by atoms with Crippen molar-refractivity contribution in [2.75, 3.05) is 5.32 Å². The van der Waals surface area contributed by atoms with Crippen molar-refractivity contribution < 1.29 is 19.2 Å². The van der Waals surface area contributed by atoms with E-state index < -0.39 is 10.8 Å². The van der Waals surface area contributed by atoms with Gasteiger partial charge in [-0.05, 0) is 42.8 Å². The fourth-order valence-electron chi connectivity index (χ4n) is 2.62. The number of phenols is 1. The van der Waals surface area contributed by atoms with Crippen LogP contribution >= 0.6 is 0 Å². The average molecular weight is 389 g/mol. The second kappa shape index (κ2) is 8.10. The maximum absolute atomic E-state index is 12.4. The lowest BCUT2D eigenvalue weighted by molar-refractivity contribution is -0.384. The second-order valence-electron chi connectivity index (χ2n) is 6.15. The molecule has 0 fully saturated rings. The maximum Gasteiger partial charge on any atom is 0.270 e. The van der Waals surface area contributed by atoms with Crippen molar-refractivity contribution in [2.24, 2.45) is 0 Å². The third-order valence-corrected chi connectivity index (χ3v) is 4.01. The van der Waals surface area contributed by atoms with Crippen LogP contribution in [0.15, 0.2) is 64.6 Å². The Morgan fingerprint density at radius 2 is 2.03 bits per heavy atom. The fourth-order valence-corrected chi connectivity index (χ4v) is 2.62. The number of nitrogens with one attached hydrogen (secondary N) is 1. The smallest absolute Gasteiger partial charge is 0.270 e. The standard InChI is InChI=1S/C21H15N3O5/c1-13-3-2-4-15(9-13)23-21(26)14(12-22)10-17-6-8-20(29-17)18-11-16(24(27)28)5-7-19(18)25/h2-11,25H,1H3,(H,23,26)/b14-10-. The molecule has 144 valence electrons. The van der Waals surface area contributed by atoms with Crippen molar-refractivity contribution in [1.29, 1.82) is 5.26 Å². The van der Waals surface area contributed by atoms with Crippen LogP contribution in [0.4, 0.5) is 11.4 Å². The van der Waals surface area contributed by atoms with Gasteiger partial charge in [-0.1, -0.05) is 12.1 Å². The van der Waals surface area contributed by atoms with E-state index in [9.17, 15) is 25.3 Å². The van der Waals surface area contributed by atoms with E-state index in [-0.39, 0.29) is 34.1 Å². The molecular weight excluding hydrogens is 374 g/mol. The van der Waals surface area contributed by atoms with Crippen LogP contribution in [0.5, 0.6) is 5.75 Å². The number of aromatic hydroxyl groups is 1. The number of carbonyl (C=O) groups is 1. The molecule has 3 aromatic rings. The van der Waals surface area contributed by atoms with Gasteiger partial charge in [-0.25, -0.2) is 0 Å². The Kier molecular flexibility index (Phi) is 5.42. The largest absolute Gasteiger partial charge is 0.507 e. The van der Waals surface area contributed by atoms with E-state index in [1.807, 2.05) is 19.1 Å². The number of nitrogens with zero attached hydrogens (tertiary/aromatic N) is 2. The van der Waals surface area contributed by atoms with Crippen LogP contribution in [0.3, 0.4) is 0 Å². The van der Waals surface area contributed by atoms with E-state index >= 15 is 0 Å². The SMILES string of the molecule is Cc1cccc(NC(=O)/C(C#N)=C\c2ccc(-c3cc([N+](=O)[O-])ccc3O)o2)c1. The summed E-state index contributed by atoms with van der Waals surface area (Å²) in [6, 6.07) is 15.5. The lowest BCUT2D eigenvalue weighted by atomic mass is 10.1. The average Bonchev–Trinajstić information content (AvgIpc) is 3.14. The number of carbonyl (C=O) groups excluding carboxylic acids is 1. The Balaban J connectivity index is 1.86. The van der Waals surface area contributed by atoms with Crippen LogP contribution < -0.4 is 5.32 Å². The number of furan rings is 1. The number of nitro groups is 1. The number of benzene rings is 2. The Hall–Kier alpha value is -4.38. The topological polar surface area (TPSA) is 129 Å². The Labute approximate surface area is 165 Å². The summed E-state index contributed by atoms with van der Waals surface area (Å²) in [5, 5.41) is 32.9. The first-order valence-electron chi connectivity index (χ1n) is 8.45. The van der Waals surface area contributed by atoms with Crippen molar-refractivity contribution in [1.82, 2.24) is 0 Å². The van der Waals surface area contributed by atoms with E-state index in [1.165, 1.54) is 36.4 Å². The monoisotopic (exact) mass is 389 g/mol.